The molecule has 31 heavy (non-hydrogen) atoms. The molecule has 0 saturated carbocycles. The molecule has 1 fully saturated rings. The molecule has 1 saturated heterocycles. The molecule has 0 unspecified atom stereocenters. The molecule has 7 heteroatoms. The van der Waals surface area contributed by atoms with Crippen LogP contribution in [0.4, 0.5) is 0 Å². The molecule has 160 valence electrons. The molecule has 1 amide bonds. The molecule has 1 N–H and O–H groups in total. The van der Waals surface area contributed by atoms with Crippen molar-refractivity contribution in [1.29, 1.82) is 0 Å². The molecule has 2 aromatic carbocycles. The maximum Gasteiger partial charge on any atom is 0.339 e. The summed E-state index contributed by atoms with van der Waals surface area (Å²) in [5.74, 6) is -0.896. The second-order valence-electron chi connectivity index (χ2n) is 7.73. The van der Waals surface area contributed by atoms with Gasteiger partial charge in [0.15, 0.2) is 6.10 Å². The van der Waals surface area contributed by atoms with E-state index in [0.29, 0.717) is 24.0 Å². The van der Waals surface area contributed by atoms with Gasteiger partial charge >= 0.3 is 5.97 Å². The lowest BCUT2D eigenvalue weighted by Gasteiger charge is -2.35. The standard InChI is InChI=1S/C24H25N3O4/c1-17(31-24(30)20-15-22(28)25-21-10-6-5-9-19(20)21)23(29)27-13-11-26(12-14-27)16-18-7-3-2-4-8-18/h2-10,15,17H,11-14,16H2,1H3,(H,25,28)/t17-/m1/s1. The van der Waals surface area contributed by atoms with Crippen LogP contribution in [0.2, 0.25) is 0 Å². The lowest BCUT2D eigenvalue weighted by molar-refractivity contribution is -0.141. The maximum absolute atomic E-state index is 12.8. The molecule has 2 heterocycles. The van der Waals surface area contributed by atoms with Gasteiger partial charge in [0.05, 0.1) is 5.56 Å². The highest BCUT2D eigenvalue weighted by Crippen LogP contribution is 2.17. The summed E-state index contributed by atoms with van der Waals surface area (Å²) in [4.78, 5) is 44.2. The predicted octanol–water partition coefficient (Wildman–Crippen LogP) is 2.42. The summed E-state index contributed by atoms with van der Waals surface area (Å²) in [7, 11) is 0. The molecule has 1 aromatic heterocycles. The van der Waals surface area contributed by atoms with Gasteiger partial charge in [-0.05, 0) is 18.6 Å². The molecule has 0 radical (unpaired) electrons. The Morgan fingerprint density at radius 2 is 1.68 bits per heavy atom. The fraction of sp³-hybridized carbons (Fsp3) is 0.292. The van der Waals surface area contributed by atoms with Crippen LogP contribution in [0, 0.1) is 0 Å². The number of nitrogens with zero attached hydrogens (tertiary/aromatic N) is 2. The number of piperazine rings is 1. The highest BCUT2D eigenvalue weighted by atomic mass is 16.5. The Kier molecular flexibility index (Phi) is 6.13. The van der Waals surface area contributed by atoms with E-state index >= 15 is 0 Å². The third kappa shape index (κ3) is 4.83. The van der Waals surface area contributed by atoms with Gasteiger partial charge in [0.1, 0.15) is 0 Å². The SMILES string of the molecule is C[C@@H](OC(=O)c1cc(=O)[nH]c2ccccc12)C(=O)N1CCN(Cc2ccccc2)CC1. The summed E-state index contributed by atoms with van der Waals surface area (Å²) in [5, 5.41) is 0.585. The molecule has 7 nitrogen and oxygen atoms in total. The first-order valence-electron chi connectivity index (χ1n) is 10.4. The van der Waals surface area contributed by atoms with Crippen LogP contribution in [0.5, 0.6) is 0 Å². The predicted molar refractivity (Wildman–Crippen MR) is 118 cm³/mol. The summed E-state index contributed by atoms with van der Waals surface area (Å²) in [5.41, 5.74) is 1.57. The van der Waals surface area contributed by atoms with Crippen molar-refractivity contribution in [3.05, 3.63) is 82.1 Å². The van der Waals surface area contributed by atoms with Crippen LogP contribution in [-0.2, 0) is 16.1 Å². The normalized spacial score (nSPS) is 15.6. The third-order valence-corrected chi connectivity index (χ3v) is 5.54. The number of esters is 1. The first kappa shape index (κ1) is 20.8. The van der Waals surface area contributed by atoms with Crippen LogP contribution >= 0.6 is 0 Å². The van der Waals surface area contributed by atoms with E-state index in [2.05, 4.69) is 22.0 Å². The Bertz CT molecular complexity index is 1130. The molecule has 0 bridgehead atoms. The molecule has 1 aliphatic rings. The molecular weight excluding hydrogens is 394 g/mol. The van der Waals surface area contributed by atoms with E-state index in [0.717, 1.165) is 19.6 Å². The van der Waals surface area contributed by atoms with Crippen molar-refractivity contribution in [3.8, 4) is 0 Å². The second-order valence-corrected chi connectivity index (χ2v) is 7.73. The molecule has 4 rings (SSSR count). The molecule has 1 aliphatic heterocycles. The van der Waals surface area contributed by atoms with Gasteiger partial charge in [0.2, 0.25) is 5.56 Å². The maximum atomic E-state index is 12.8. The fourth-order valence-electron chi connectivity index (χ4n) is 3.87. The summed E-state index contributed by atoms with van der Waals surface area (Å²) < 4.78 is 5.44. The number of amides is 1. The van der Waals surface area contributed by atoms with Gasteiger partial charge in [0.25, 0.3) is 5.91 Å². The molecular formula is C24H25N3O4. The highest BCUT2D eigenvalue weighted by molar-refractivity contribution is 6.03. The van der Waals surface area contributed by atoms with Crippen LogP contribution in [0.15, 0.2) is 65.5 Å². The van der Waals surface area contributed by atoms with Crippen molar-refractivity contribution in [1.82, 2.24) is 14.8 Å². The van der Waals surface area contributed by atoms with E-state index in [-0.39, 0.29) is 17.0 Å². The molecule has 0 aliphatic carbocycles. The minimum atomic E-state index is -0.925. The Balaban J connectivity index is 1.36. The van der Waals surface area contributed by atoms with Gasteiger partial charge in [-0.3, -0.25) is 14.5 Å². The van der Waals surface area contributed by atoms with Crippen LogP contribution in [0.25, 0.3) is 10.9 Å². The number of para-hydroxylation sites is 1. The first-order valence-corrected chi connectivity index (χ1v) is 10.4. The smallest absolute Gasteiger partial charge is 0.339 e. The number of carbonyl (C=O) groups excluding carboxylic acids is 2. The van der Waals surface area contributed by atoms with Crippen molar-refractivity contribution >= 4 is 22.8 Å². The van der Waals surface area contributed by atoms with Gasteiger partial charge in [-0.1, -0.05) is 48.5 Å². The number of aromatic amines is 1. The number of H-pyrrole nitrogens is 1. The van der Waals surface area contributed by atoms with Crippen LogP contribution in [0.3, 0.4) is 0 Å². The van der Waals surface area contributed by atoms with E-state index in [1.54, 1.807) is 36.1 Å². The Morgan fingerprint density at radius 3 is 2.42 bits per heavy atom. The highest BCUT2D eigenvalue weighted by Gasteiger charge is 2.28. The zero-order chi connectivity index (χ0) is 21.8. The number of fused-ring (bicyclic) bond motifs is 1. The van der Waals surface area contributed by atoms with Crippen molar-refractivity contribution in [3.63, 3.8) is 0 Å². The number of rotatable bonds is 5. The van der Waals surface area contributed by atoms with Crippen molar-refractivity contribution in [2.24, 2.45) is 0 Å². The monoisotopic (exact) mass is 419 g/mol. The number of hydrogen-bond acceptors (Lipinski definition) is 5. The van der Waals surface area contributed by atoms with Gasteiger partial charge < -0.3 is 14.6 Å². The Morgan fingerprint density at radius 1 is 1.00 bits per heavy atom. The lowest BCUT2D eigenvalue weighted by Crippen LogP contribution is -2.51. The number of aromatic nitrogens is 1. The van der Waals surface area contributed by atoms with E-state index in [4.69, 9.17) is 4.74 Å². The van der Waals surface area contributed by atoms with Gasteiger partial charge in [-0.25, -0.2) is 4.79 Å². The second kappa shape index (κ2) is 9.14. The van der Waals surface area contributed by atoms with Crippen LogP contribution < -0.4 is 5.56 Å². The zero-order valence-electron chi connectivity index (χ0n) is 17.4. The average Bonchev–Trinajstić information content (AvgIpc) is 2.79. The van der Waals surface area contributed by atoms with Gasteiger partial charge in [-0.15, -0.1) is 0 Å². The number of nitrogens with one attached hydrogen (secondary N) is 1. The minimum Gasteiger partial charge on any atom is -0.449 e. The van der Waals surface area contributed by atoms with Crippen molar-refractivity contribution in [2.45, 2.75) is 19.6 Å². The Labute approximate surface area is 180 Å². The number of ether oxygens (including phenoxy) is 1. The largest absolute Gasteiger partial charge is 0.449 e. The van der Waals surface area contributed by atoms with E-state index in [1.165, 1.54) is 11.6 Å². The summed E-state index contributed by atoms with van der Waals surface area (Å²) >= 11 is 0. The quantitative estimate of drug-likeness (QED) is 0.643. The fourth-order valence-corrected chi connectivity index (χ4v) is 3.87. The van der Waals surface area contributed by atoms with Gasteiger partial charge in [-0.2, -0.15) is 0 Å². The van der Waals surface area contributed by atoms with Crippen molar-refractivity contribution < 1.29 is 14.3 Å². The molecule has 3 aromatic rings. The number of carbonyl (C=O) groups is 2. The Hall–Kier alpha value is -3.45. The summed E-state index contributed by atoms with van der Waals surface area (Å²) in [6, 6.07) is 18.5. The van der Waals surface area contributed by atoms with Gasteiger partial charge in [0, 0.05) is 49.7 Å². The number of benzene rings is 2. The van der Waals surface area contributed by atoms with E-state index < -0.39 is 12.1 Å². The number of hydrogen-bond donors (Lipinski definition) is 1. The zero-order valence-corrected chi connectivity index (χ0v) is 17.4. The van der Waals surface area contributed by atoms with E-state index in [1.807, 2.05) is 18.2 Å². The van der Waals surface area contributed by atoms with Crippen LogP contribution in [-0.4, -0.2) is 58.9 Å². The molecule has 0 spiro atoms. The molecule has 1 atom stereocenters. The average molecular weight is 419 g/mol. The third-order valence-electron chi connectivity index (χ3n) is 5.54. The number of pyridine rings is 1. The lowest BCUT2D eigenvalue weighted by atomic mass is 10.1. The topological polar surface area (TPSA) is 82.7 Å². The van der Waals surface area contributed by atoms with E-state index in [9.17, 15) is 14.4 Å². The minimum absolute atomic E-state index is 0.159. The summed E-state index contributed by atoms with van der Waals surface area (Å²) in [6.07, 6.45) is -0.925. The first-order chi connectivity index (χ1) is 15.0. The summed E-state index contributed by atoms with van der Waals surface area (Å²) in [6.45, 7) is 5.12. The van der Waals surface area contributed by atoms with Crippen LogP contribution in [0.1, 0.15) is 22.8 Å². The van der Waals surface area contributed by atoms with Crippen molar-refractivity contribution in [2.75, 3.05) is 26.2 Å².